The number of carbonyl (C=O) groups is 1. The van der Waals surface area contributed by atoms with Gasteiger partial charge < -0.3 is 14.2 Å². The minimum absolute atomic E-state index is 0.00825. The second-order valence-electron chi connectivity index (χ2n) is 8.69. The number of piperidine rings is 1. The van der Waals surface area contributed by atoms with Crippen molar-refractivity contribution in [3.8, 4) is 11.4 Å². The van der Waals surface area contributed by atoms with Crippen LogP contribution in [0, 0.1) is 5.92 Å². The Bertz CT molecular complexity index is 1050. The first-order valence-corrected chi connectivity index (χ1v) is 11.3. The van der Waals surface area contributed by atoms with E-state index in [1.165, 1.54) is 0 Å². The number of rotatable bonds is 5. The molecule has 0 N–H and O–H groups in total. The van der Waals surface area contributed by atoms with Crippen LogP contribution in [0.1, 0.15) is 49.0 Å². The molecule has 0 aliphatic carbocycles. The van der Waals surface area contributed by atoms with Crippen LogP contribution in [0.2, 0.25) is 0 Å². The van der Waals surface area contributed by atoms with E-state index in [-0.39, 0.29) is 11.5 Å². The average Bonchev–Trinajstić information content (AvgIpc) is 3.50. The fraction of sp³-hybridized carbons (Fsp3) is 0.522. The largest absolute Gasteiger partial charge is 0.375 e. The zero-order valence-electron chi connectivity index (χ0n) is 18.3. The highest BCUT2D eigenvalue weighted by molar-refractivity contribution is 5.92. The van der Waals surface area contributed by atoms with Crippen molar-refractivity contribution >= 4 is 5.91 Å². The Hall–Kier alpha value is -3.07. The molecule has 0 radical (unpaired) electrons. The van der Waals surface area contributed by atoms with E-state index in [1.54, 1.807) is 23.1 Å². The lowest BCUT2D eigenvalue weighted by molar-refractivity contribution is -0.124. The molecule has 2 fully saturated rings. The SMILES string of the molecule is CCn1ccc(C(=O)N2CCC3(CC2)CC(Cc2nc(-c4ccncc4)no2)CCO3)n1. The summed E-state index contributed by atoms with van der Waals surface area (Å²) in [6.07, 6.45) is 9.66. The number of nitrogens with zero attached hydrogens (tertiary/aromatic N) is 6. The van der Waals surface area contributed by atoms with Crippen molar-refractivity contribution in [1.82, 2.24) is 29.8 Å². The molecule has 0 aromatic carbocycles. The molecule has 32 heavy (non-hydrogen) atoms. The molecule has 0 saturated carbocycles. The summed E-state index contributed by atoms with van der Waals surface area (Å²) in [5.74, 6) is 1.70. The topological polar surface area (TPSA) is 99.2 Å². The first-order valence-electron chi connectivity index (χ1n) is 11.3. The van der Waals surface area contributed by atoms with Crippen molar-refractivity contribution < 1.29 is 14.1 Å². The standard InChI is InChI=1S/C23H28N6O3/c1-2-29-11-5-19(26-29)22(30)28-12-7-23(8-13-28)16-17(6-14-31-23)15-20-25-21(27-32-20)18-3-9-24-10-4-18/h3-5,9-11,17H,2,6-8,12-16H2,1H3. The van der Waals surface area contributed by atoms with Crippen LogP contribution in [0.5, 0.6) is 0 Å². The number of amides is 1. The summed E-state index contributed by atoms with van der Waals surface area (Å²) in [5, 5.41) is 8.48. The van der Waals surface area contributed by atoms with E-state index in [0.29, 0.717) is 36.4 Å². The fourth-order valence-corrected chi connectivity index (χ4v) is 4.79. The molecule has 2 saturated heterocycles. The molecule has 3 aromatic rings. The van der Waals surface area contributed by atoms with Crippen LogP contribution in [-0.2, 0) is 17.7 Å². The van der Waals surface area contributed by atoms with E-state index in [0.717, 1.165) is 50.8 Å². The van der Waals surface area contributed by atoms with Gasteiger partial charge in [0.15, 0.2) is 0 Å². The lowest BCUT2D eigenvalue weighted by Gasteiger charge is -2.46. The Kier molecular flexibility index (Phi) is 5.73. The number of aryl methyl sites for hydroxylation is 1. The predicted octanol–water partition coefficient (Wildman–Crippen LogP) is 2.99. The maximum Gasteiger partial charge on any atom is 0.274 e. The van der Waals surface area contributed by atoms with E-state index in [1.807, 2.05) is 30.2 Å². The first kappa shape index (κ1) is 20.8. The lowest BCUT2D eigenvalue weighted by Crippen LogP contribution is -2.51. The molecule has 5 heterocycles. The third kappa shape index (κ3) is 4.29. The molecule has 1 spiro atoms. The minimum atomic E-state index is -0.170. The number of ether oxygens (including phenoxy) is 1. The van der Waals surface area contributed by atoms with Gasteiger partial charge in [0, 0.05) is 56.8 Å². The van der Waals surface area contributed by atoms with Crippen molar-refractivity contribution in [1.29, 1.82) is 0 Å². The molecule has 168 valence electrons. The van der Waals surface area contributed by atoms with E-state index < -0.39 is 0 Å². The second kappa shape index (κ2) is 8.82. The van der Waals surface area contributed by atoms with Crippen molar-refractivity contribution in [3.63, 3.8) is 0 Å². The van der Waals surface area contributed by atoms with Gasteiger partial charge in [-0.3, -0.25) is 14.5 Å². The van der Waals surface area contributed by atoms with Gasteiger partial charge in [-0.05, 0) is 56.7 Å². The van der Waals surface area contributed by atoms with Crippen molar-refractivity contribution in [3.05, 3.63) is 48.4 Å². The molecular formula is C23H28N6O3. The molecule has 2 aliphatic rings. The van der Waals surface area contributed by atoms with Crippen molar-refractivity contribution in [2.24, 2.45) is 5.92 Å². The van der Waals surface area contributed by atoms with E-state index >= 15 is 0 Å². The Morgan fingerprint density at radius 3 is 2.78 bits per heavy atom. The van der Waals surface area contributed by atoms with Gasteiger partial charge in [0.05, 0.1) is 5.60 Å². The molecule has 2 aliphatic heterocycles. The number of carbonyl (C=O) groups excluding carboxylic acids is 1. The molecule has 0 bridgehead atoms. The van der Waals surface area contributed by atoms with Crippen molar-refractivity contribution in [2.75, 3.05) is 19.7 Å². The molecule has 9 heteroatoms. The van der Waals surface area contributed by atoms with Crippen LogP contribution in [-0.4, -0.2) is 61.0 Å². The first-order chi connectivity index (χ1) is 15.6. The van der Waals surface area contributed by atoms with Crippen molar-refractivity contribution in [2.45, 2.75) is 51.2 Å². The molecule has 1 amide bonds. The summed E-state index contributed by atoms with van der Waals surface area (Å²) >= 11 is 0. The summed E-state index contributed by atoms with van der Waals surface area (Å²) in [6.45, 7) is 4.88. The molecular weight excluding hydrogens is 408 g/mol. The summed E-state index contributed by atoms with van der Waals surface area (Å²) in [7, 11) is 0. The summed E-state index contributed by atoms with van der Waals surface area (Å²) in [4.78, 5) is 23.3. The van der Waals surface area contributed by atoms with E-state index in [9.17, 15) is 4.79 Å². The van der Waals surface area contributed by atoms with Crippen LogP contribution >= 0.6 is 0 Å². The molecule has 1 atom stereocenters. The second-order valence-corrected chi connectivity index (χ2v) is 8.69. The number of likely N-dealkylation sites (tertiary alicyclic amines) is 1. The molecule has 9 nitrogen and oxygen atoms in total. The maximum absolute atomic E-state index is 12.8. The highest BCUT2D eigenvalue weighted by atomic mass is 16.5. The summed E-state index contributed by atoms with van der Waals surface area (Å²) < 4.78 is 13.6. The Morgan fingerprint density at radius 1 is 1.22 bits per heavy atom. The highest BCUT2D eigenvalue weighted by Gasteiger charge is 2.41. The predicted molar refractivity (Wildman–Crippen MR) is 116 cm³/mol. The zero-order chi connectivity index (χ0) is 22.0. The van der Waals surface area contributed by atoms with Gasteiger partial charge >= 0.3 is 0 Å². The van der Waals surface area contributed by atoms with E-state index in [2.05, 4.69) is 20.2 Å². The number of hydrogen-bond donors (Lipinski definition) is 0. The zero-order valence-corrected chi connectivity index (χ0v) is 18.3. The third-order valence-electron chi connectivity index (χ3n) is 6.61. The average molecular weight is 437 g/mol. The molecule has 1 unspecified atom stereocenters. The van der Waals surface area contributed by atoms with Crippen LogP contribution < -0.4 is 0 Å². The highest BCUT2D eigenvalue weighted by Crippen LogP contribution is 2.39. The van der Waals surface area contributed by atoms with Gasteiger partial charge in [-0.25, -0.2) is 0 Å². The smallest absolute Gasteiger partial charge is 0.274 e. The monoisotopic (exact) mass is 436 g/mol. The summed E-state index contributed by atoms with van der Waals surface area (Å²) in [5.41, 5.74) is 1.25. The Balaban J connectivity index is 1.18. The van der Waals surface area contributed by atoms with Gasteiger partial charge in [-0.2, -0.15) is 10.1 Å². The minimum Gasteiger partial charge on any atom is -0.375 e. The summed E-state index contributed by atoms with van der Waals surface area (Å²) in [6, 6.07) is 5.55. The van der Waals surface area contributed by atoms with Gasteiger partial charge in [0.25, 0.3) is 5.91 Å². The van der Waals surface area contributed by atoms with Crippen LogP contribution in [0.3, 0.4) is 0 Å². The lowest BCUT2D eigenvalue weighted by atomic mass is 9.78. The van der Waals surface area contributed by atoms with Gasteiger partial charge in [0.1, 0.15) is 5.69 Å². The molecule has 3 aromatic heterocycles. The van der Waals surface area contributed by atoms with Crippen LogP contribution in [0.4, 0.5) is 0 Å². The Labute approximate surface area is 186 Å². The number of pyridine rings is 1. The maximum atomic E-state index is 12.8. The number of hydrogen-bond acceptors (Lipinski definition) is 7. The normalized spacial score (nSPS) is 20.5. The van der Waals surface area contributed by atoms with Crippen LogP contribution in [0.15, 0.2) is 41.3 Å². The van der Waals surface area contributed by atoms with E-state index in [4.69, 9.17) is 9.26 Å². The quantitative estimate of drug-likeness (QED) is 0.606. The fourth-order valence-electron chi connectivity index (χ4n) is 4.79. The third-order valence-corrected chi connectivity index (χ3v) is 6.61. The van der Waals surface area contributed by atoms with Crippen LogP contribution in [0.25, 0.3) is 11.4 Å². The molecule has 5 rings (SSSR count). The van der Waals surface area contributed by atoms with Gasteiger partial charge in [-0.1, -0.05) is 5.16 Å². The van der Waals surface area contributed by atoms with Gasteiger partial charge in [-0.15, -0.1) is 0 Å². The Morgan fingerprint density at radius 2 is 2.03 bits per heavy atom. The van der Waals surface area contributed by atoms with Gasteiger partial charge in [0.2, 0.25) is 11.7 Å². The number of aromatic nitrogens is 5.